The Kier molecular flexibility index (Phi) is 12.0. The van der Waals surface area contributed by atoms with Gasteiger partial charge in [-0.2, -0.15) is 0 Å². The fourth-order valence-electron chi connectivity index (χ4n) is 4.54. The van der Waals surface area contributed by atoms with Crippen LogP contribution in [0.15, 0.2) is 30.3 Å². The molecule has 0 N–H and O–H groups in total. The topological polar surface area (TPSA) is 106 Å². The number of ether oxygens (including phenoxy) is 2. The van der Waals surface area contributed by atoms with Gasteiger partial charge >= 0.3 is 12.2 Å². The number of nitrogens with zero attached hydrogens (tertiary/aromatic N) is 3. The Hall–Kier alpha value is -3.14. The van der Waals surface area contributed by atoms with Crippen molar-refractivity contribution in [2.45, 2.75) is 78.4 Å². The van der Waals surface area contributed by atoms with E-state index in [9.17, 15) is 19.2 Å². The molecule has 2 fully saturated rings. The first kappa shape index (κ1) is 33.1. The van der Waals surface area contributed by atoms with Crippen LogP contribution in [0, 0.1) is 11.8 Å². The molecule has 0 bridgehead atoms. The number of hydrogen-bond donors (Lipinski definition) is 0. The summed E-state index contributed by atoms with van der Waals surface area (Å²) in [5.74, 6) is -0.334. The van der Waals surface area contributed by atoms with Crippen molar-refractivity contribution in [2.24, 2.45) is 11.8 Å². The minimum absolute atomic E-state index is 0.101. The molecule has 1 aromatic carbocycles. The van der Waals surface area contributed by atoms with Crippen molar-refractivity contribution in [1.29, 1.82) is 0 Å². The Morgan fingerprint density at radius 2 is 1.23 bits per heavy atom. The van der Waals surface area contributed by atoms with E-state index < -0.39 is 11.2 Å². The van der Waals surface area contributed by atoms with Crippen molar-refractivity contribution in [2.75, 3.05) is 40.3 Å². The zero-order valence-electron chi connectivity index (χ0n) is 25.4. The molecule has 0 saturated carbocycles. The fraction of sp³-hybridized carbons (Fsp3) is 0.667. The molecule has 3 rings (SSSR count). The van der Waals surface area contributed by atoms with E-state index in [-0.39, 0.29) is 35.7 Å². The minimum Gasteiger partial charge on any atom is -0.444 e. The third-order valence-electron chi connectivity index (χ3n) is 6.51. The smallest absolute Gasteiger partial charge is 0.410 e. The molecule has 2 atom stereocenters. The lowest BCUT2D eigenvalue weighted by Crippen LogP contribution is -2.47. The molecule has 3 amide bonds. The Morgan fingerprint density at radius 1 is 0.775 bits per heavy atom. The van der Waals surface area contributed by atoms with Gasteiger partial charge in [-0.25, -0.2) is 14.7 Å². The summed E-state index contributed by atoms with van der Waals surface area (Å²) in [6.07, 6.45) is 2.55. The van der Waals surface area contributed by atoms with Crippen LogP contribution in [-0.4, -0.2) is 90.3 Å². The van der Waals surface area contributed by atoms with Crippen molar-refractivity contribution < 1.29 is 33.5 Å². The van der Waals surface area contributed by atoms with Gasteiger partial charge in [0.05, 0.1) is 13.0 Å². The molecule has 10 nitrogen and oxygen atoms in total. The fourth-order valence-corrected chi connectivity index (χ4v) is 4.54. The third-order valence-corrected chi connectivity index (χ3v) is 6.51. The molecule has 2 aliphatic heterocycles. The van der Waals surface area contributed by atoms with Gasteiger partial charge in [-0.05, 0) is 67.2 Å². The molecule has 224 valence electrons. The van der Waals surface area contributed by atoms with Gasteiger partial charge in [-0.1, -0.05) is 30.3 Å². The standard InChI is InChI=1S/C17H23NO3.C13H24N2O4/c1-17(2,3)21-16(20)18-11-7-10-14(12-18)15(19)13-8-5-4-6-9-13;1-13(2,3)19-12(17)15-8-6-7-10(9-15)11(16)14(4)18-5/h4-6,8-9,14H,7,10-12H2,1-3H3;10H,6-9H2,1-5H3/t14-;10-/m11/s1. The van der Waals surface area contributed by atoms with E-state index in [0.29, 0.717) is 31.7 Å². The predicted molar refractivity (Wildman–Crippen MR) is 152 cm³/mol. The summed E-state index contributed by atoms with van der Waals surface area (Å²) in [6, 6.07) is 9.28. The Labute approximate surface area is 238 Å². The molecule has 0 aliphatic carbocycles. The Bertz CT molecular complexity index is 1000. The first-order chi connectivity index (χ1) is 18.6. The normalized spacial score (nSPS) is 19.6. The van der Waals surface area contributed by atoms with Crippen molar-refractivity contribution in [3.05, 3.63) is 35.9 Å². The minimum atomic E-state index is -0.517. The number of piperidine rings is 2. The van der Waals surface area contributed by atoms with Gasteiger partial charge in [0.15, 0.2) is 5.78 Å². The average molecular weight is 562 g/mol. The van der Waals surface area contributed by atoms with E-state index in [1.807, 2.05) is 71.9 Å². The van der Waals surface area contributed by atoms with Gasteiger partial charge in [0.2, 0.25) is 0 Å². The number of rotatable bonds is 4. The highest BCUT2D eigenvalue weighted by molar-refractivity contribution is 5.98. The summed E-state index contributed by atoms with van der Waals surface area (Å²) in [5, 5.41) is 1.21. The van der Waals surface area contributed by atoms with Crippen LogP contribution in [0.2, 0.25) is 0 Å². The highest BCUT2D eigenvalue weighted by atomic mass is 16.7. The number of carbonyl (C=O) groups is 4. The average Bonchev–Trinajstić information content (AvgIpc) is 2.91. The highest BCUT2D eigenvalue weighted by Gasteiger charge is 2.33. The molecule has 0 spiro atoms. The lowest BCUT2D eigenvalue weighted by Gasteiger charge is -2.34. The summed E-state index contributed by atoms with van der Waals surface area (Å²) in [7, 11) is 3.03. The molecular weight excluding hydrogens is 514 g/mol. The molecule has 10 heteroatoms. The summed E-state index contributed by atoms with van der Waals surface area (Å²) >= 11 is 0. The predicted octanol–water partition coefficient (Wildman–Crippen LogP) is 5.17. The van der Waals surface area contributed by atoms with Crippen LogP contribution < -0.4 is 0 Å². The number of benzene rings is 1. The quantitative estimate of drug-likeness (QED) is 0.369. The molecule has 0 radical (unpaired) electrons. The van der Waals surface area contributed by atoms with Gasteiger partial charge in [0, 0.05) is 44.7 Å². The number of hydroxylamine groups is 2. The van der Waals surface area contributed by atoms with Crippen molar-refractivity contribution in [3.63, 3.8) is 0 Å². The molecule has 0 aromatic heterocycles. The van der Waals surface area contributed by atoms with Crippen LogP contribution in [-0.2, 0) is 19.1 Å². The number of likely N-dealkylation sites (tertiary alicyclic amines) is 2. The van der Waals surface area contributed by atoms with E-state index in [1.165, 1.54) is 12.2 Å². The molecule has 0 unspecified atom stereocenters. The first-order valence-electron chi connectivity index (χ1n) is 14.0. The molecule has 2 saturated heterocycles. The monoisotopic (exact) mass is 561 g/mol. The maximum atomic E-state index is 12.5. The summed E-state index contributed by atoms with van der Waals surface area (Å²) in [5.41, 5.74) is -0.307. The lowest BCUT2D eigenvalue weighted by molar-refractivity contribution is -0.174. The van der Waals surface area contributed by atoms with Crippen LogP contribution in [0.1, 0.15) is 77.6 Å². The number of carbonyl (C=O) groups excluding carboxylic acids is 4. The second kappa shape index (κ2) is 14.5. The largest absolute Gasteiger partial charge is 0.444 e. The number of amides is 3. The van der Waals surface area contributed by atoms with Crippen LogP contribution in [0.25, 0.3) is 0 Å². The molecule has 1 aromatic rings. The third kappa shape index (κ3) is 10.8. The van der Waals surface area contributed by atoms with Crippen LogP contribution in [0.3, 0.4) is 0 Å². The lowest BCUT2D eigenvalue weighted by atomic mass is 9.90. The van der Waals surface area contributed by atoms with E-state index in [4.69, 9.17) is 14.3 Å². The van der Waals surface area contributed by atoms with Crippen LogP contribution in [0.4, 0.5) is 9.59 Å². The summed E-state index contributed by atoms with van der Waals surface area (Å²) in [6.45, 7) is 13.2. The second-order valence-corrected chi connectivity index (χ2v) is 12.3. The molecule has 2 aliphatic rings. The SMILES string of the molecule is CC(C)(C)OC(=O)N1CCC[C@@H](C(=O)c2ccccc2)C1.CON(C)C(=O)[C@@H]1CCCN(C(=O)OC(C)(C)C)C1. The van der Waals surface area contributed by atoms with Crippen LogP contribution >= 0.6 is 0 Å². The Balaban J connectivity index is 0.000000282. The zero-order valence-corrected chi connectivity index (χ0v) is 25.4. The van der Waals surface area contributed by atoms with Gasteiger partial charge in [-0.15, -0.1) is 0 Å². The highest BCUT2D eigenvalue weighted by Crippen LogP contribution is 2.23. The van der Waals surface area contributed by atoms with E-state index in [0.717, 1.165) is 25.7 Å². The van der Waals surface area contributed by atoms with E-state index in [2.05, 4.69) is 0 Å². The van der Waals surface area contributed by atoms with Gasteiger partial charge in [0.25, 0.3) is 5.91 Å². The van der Waals surface area contributed by atoms with Crippen LogP contribution in [0.5, 0.6) is 0 Å². The Morgan fingerprint density at radius 3 is 1.68 bits per heavy atom. The van der Waals surface area contributed by atoms with E-state index in [1.54, 1.807) is 16.8 Å². The number of ketones is 1. The number of Topliss-reactive ketones (excluding diaryl/α,β-unsaturated/α-hetero) is 1. The first-order valence-corrected chi connectivity index (χ1v) is 14.0. The van der Waals surface area contributed by atoms with Gasteiger partial charge in [-0.3, -0.25) is 14.4 Å². The van der Waals surface area contributed by atoms with Crippen molar-refractivity contribution >= 4 is 23.9 Å². The van der Waals surface area contributed by atoms with Crippen molar-refractivity contribution in [3.8, 4) is 0 Å². The number of hydrogen-bond acceptors (Lipinski definition) is 7. The van der Waals surface area contributed by atoms with Gasteiger partial charge in [0.1, 0.15) is 11.2 Å². The maximum Gasteiger partial charge on any atom is 0.410 e. The molecule has 2 heterocycles. The van der Waals surface area contributed by atoms with Crippen molar-refractivity contribution in [1.82, 2.24) is 14.9 Å². The molecule has 40 heavy (non-hydrogen) atoms. The zero-order chi connectivity index (χ0) is 30.1. The second-order valence-electron chi connectivity index (χ2n) is 12.3. The molecular formula is C30H47N3O7. The van der Waals surface area contributed by atoms with Gasteiger partial charge < -0.3 is 19.3 Å². The summed E-state index contributed by atoms with van der Waals surface area (Å²) < 4.78 is 10.7. The summed E-state index contributed by atoms with van der Waals surface area (Å²) in [4.78, 5) is 56.7. The maximum absolute atomic E-state index is 12.5. The van der Waals surface area contributed by atoms with E-state index >= 15 is 0 Å².